The molecule has 0 aliphatic carbocycles. The molecule has 0 saturated heterocycles. The molecule has 2 aromatic heterocycles. The predicted octanol–water partition coefficient (Wildman–Crippen LogP) is 0.447. The van der Waals surface area contributed by atoms with Gasteiger partial charge in [0.05, 0.1) is 24.8 Å². The molecule has 0 amide bonds. The second-order valence-electron chi connectivity index (χ2n) is 3.71. The molecule has 0 aliphatic rings. The van der Waals surface area contributed by atoms with Crippen LogP contribution in [0.4, 0.5) is 0 Å². The van der Waals surface area contributed by atoms with Gasteiger partial charge in [0.2, 0.25) is 0 Å². The summed E-state index contributed by atoms with van der Waals surface area (Å²) < 4.78 is 28.1. The lowest BCUT2D eigenvalue weighted by molar-refractivity contribution is 0.311. The topological polar surface area (TPSA) is 87.0 Å². The number of nitrogens with zero attached hydrogens (tertiary/aromatic N) is 4. The van der Waals surface area contributed by atoms with Crippen LogP contribution in [0.5, 0.6) is 0 Å². The summed E-state index contributed by atoms with van der Waals surface area (Å²) in [7, 11) is -3.46. The number of aryl methyl sites for hydroxylation is 1. The smallest absolute Gasteiger partial charge is 0.264 e. The number of aromatic nitrogens is 4. The zero-order valence-electron chi connectivity index (χ0n) is 9.94. The molecule has 7 nitrogen and oxygen atoms in total. The monoisotopic (exact) mass is 268 g/mol. The van der Waals surface area contributed by atoms with Crippen molar-refractivity contribution in [2.24, 2.45) is 0 Å². The molecular formula is C10H12N4O3S. The highest BCUT2D eigenvalue weighted by Crippen LogP contribution is 2.11. The highest BCUT2D eigenvalue weighted by atomic mass is 32.2. The SMILES string of the molecule is Cc1nn(-c2cnccn2)cc1COS(C)(=O)=O. The van der Waals surface area contributed by atoms with Crippen molar-refractivity contribution < 1.29 is 12.6 Å². The van der Waals surface area contributed by atoms with Gasteiger partial charge in [-0.1, -0.05) is 0 Å². The van der Waals surface area contributed by atoms with E-state index in [0.717, 1.165) is 6.26 Å². The van der Waals surface area contributed by atoms with Crippen molar-refractivity contribution in [2.75, 3.05) is 6.26 Å². The molecule has 96 valence electrons. The van der Waals surface area contributed by atoms with Crippen molar-refractivity contribution in [2.45, 2.75) is 13.5 Å². The molecule has 0 unspecified atom stereocenters. The first-order chi connectivity index (χ1) is 8.46. The lowest BCUT2D eigenvalue weighted by atomic mass is 10.3. The third-order valence-corrected chi connectivity index (χ3v) is 2.76. The second-order valence-corrected chi connectivity index (χ2v) is 5.36. The minimum Gasteiger partial charge on any atom is -0.265 e. The zero-order chi connectivity index (χ0) is 13.2. The normalized spacial score (nSPS) is 11.7. The van der Waals surface area contributed by atoms with E-state index < -0.39 is 10.1 Å². The van der Waals surface area contributed by atoms with Crippen LogP contribution < -0.4 is 0 Å². The maximum Gasteiger partial charge on any atom is 0.264 e. The van der Waals surface area contributed by atoms with Gasteiger partial charge >= 0.3 is 0 Å². The largest absolute Gasteiger partial charge is 0.265 e. The summed E-state index contributed by atoms with van der Waals surface area (Å²) >= 11 is 0. The van der Waals surface area contributed by atoms with Crippen molar-refractivity contribution in [3.05, 3.63) is 36.0 Å². The highest BCUT2D eigenvalue weighted by Gasteiger charge is 2.10. The first-order valence-electron chi connectivity index (χ1n) is 5.11. The minimum atomic E-state index is -3.46. The molecular weight excluding hydrogens is 256 g/mol. The Bertz CT molecular complexity index is 636. The molecule has 0 bridgehead atoms. The molecule has 0 spiro atoms. The van der Waals surface area contributed by atoms with Crippen molar-refractivity contribution in [1.29, 1.82) is 0 Å². The first-order valence-corrected chi connectivity index (χ1v) is 6.93. The maximum absolute atomic E-state index is 10.9. The van der Waals surface area contributed by atoms with Gasteiger partial charge in [0.1, 0.15) is 0 Å². The molecule has 0 N–H and O–H groups in total. The Morgan fingerprint density at radius 3 is 2.78 bits per heavy atom. The van der Waals surface area contributed by atoms with Crippen LogP contribution in [0.2, 0.25) is 0 Å². The first kappa shape index (κ1) is 12.7. The third kappa shape index (κ3) is 3.11. The van der Waals surface area contributed by atoms with E-state index in [1.807, 2.05) is 0 Å². The van der Waals surface area contributed by atoms with E-state index in [4.69, 9.17) is 4.18 Å². The van der Waals surface area contributed by atoms with E-state index in [2.05, 4.69) is 15.1 Å². The molecule has 18 heavy (non-hydrogen) atoms. The molecule has 0 saturated carbocycles. The van der Waals surface area contributed by atoms with Crippen molar-refractivity contribution in [3.8, 4) is 5.82 Å². The Balaban J connectivity index is 2.23. The minimum absolute atomic E-state index is 0.0368. The van der Waals surface area contributed by atoms with E-state index in [1.54, 1.807) is 31.7 Å². The number of hydrogen-bond acceptors (Lipinski definition) is 6. The summed E-state index contributed by atoms with van der Waals surface area (Å²) in [5.74, 6) is 0.561. The third-order valence-electron chi connectivity index (χ3n) is 2.21. The fourth-order valence-corrected chi connectivity index (χ4v) is 1.68. The summed E-state index contributed by atoms with van der Waals surface area (Å²) in [6, 6.07) is 0. The van der Waals surface area contributed by atoms with Crippen molar-refractivity contribution >= 4 is 10.1 Å². The van der Waals surface area contributed by atoms with E-state index >= 15 is 0 Å². The van der Waals surface area contributed by atoms with Gasteiger partial charge in [0.25, 0.3) is 10.1 Å². The fraction of sp³-hybridized carbons (Fsp3) is 0.300. The Kier molecular flexibility index (Phi) is 3.39. The zero-order valence-corrected chi connectivity index (χ0v) is 10.8. The van der Waals surface area contributed by atoms with Crippen LogP contribution in [0.15, 0.2) is 24.8 Å². The van der Waals surface area contributed by atoms with Crippen LogP contribution in [0.1, 0.15) is 11.3 Å². The van der Waals surface area contributed by atoms with E-state index in [-0.39, 0.29) is 6.61 Å². The molecule has 0 aliphatic heterocycles. The molecule has 0 fully saturated rings. The van der Waals surface area contributed by atoms with Crippen LogP contribution in [-0.4, -0.2) is 34.4 Å². The average Bonchev–Trinajstić information content (AvgIpc) is 2.68. The van der Waals surface area contributed by atoms with Gasteiger partial charge in [-0.15, -0.1) is 0 Å². The van der Waals surface area contributed by atoms with Gasteiger partial charge in [-0.3, -0.25) is 9.17 Å². The quantitative estimate of drug-likeness (QED) is 0.748. The van der Waals surface area contributed by atoms with Crippen molar-refractivity contribution in [1.82, 2.24) is 19.7 Å². The molecule has 0 radical (unpaired) electrons. The van der Waals surface area contributed by atoms with Crippen LogP contribution in [0, 0.1) is 6.92 Å². The molecule has 8 heteroatoms. The van der Waals surface area contributed by atoms with Gasteiger partial charge in [-0.05, 0) is 6.92 Å². The fourth-order valence-electron chi connectivity index (χ4n) is 1.33. The lowest BCUT2D eigenvalue weighted by Gasteiger charge is -1.98. The number of rotatable bonds is 4. The maximum atomic E-state index is 10.9. The van der Waals surface area contributed by atoms with E-state index in [1.165, 1.54) is 4.68 Å². The van der Waals surface area contributed by atoms with E-state index in [0.29, 0.717) is 17.1 Å². The van der Waals surface area contributed by atoms with E-state index in [9.17, 15) is 8.42 Å². The van der Waals surface area contributed by atoms with Gasteiger partial charge in [-0.25, -0.2) is 9.67 Å². The Morgan fingerprint density at radius 2 is 2.17 bits per heavy atom. The molecule has 2 aromatic rings. The van der Waals surface area contributed by atoms with Crippen LogP contribution in [-0.2, 0) is 20.9 Å². The molecule has 2 heterocycles. The highest BCUT2D eigenvalue weighted by molar-refractivity contribution is 7.85. The summed E-state index contributed by atoms with van der Waals surface area (Å²) in [5.41, 5.74) is 1.37. The van der Waals surface area contributed by atoms with Gasteiger partial charge in [-0.2, -0.15) is 13.5 Å². The molecule has 0 atom stereocenters. The lowest BCUT2D eigenvalue weighted by Crippen LogP contribution is -2.02. The van der Waals surface area contributed by atoms with Crippen LogP contribution >= 0.6 is 0 Å². The predicted molar refractivity (Wildman–Crippen MR) is 63.5 cm³/mol. The summed E-state index contributed by atoms with van der Waals surface area (Å²) in [5, 5.41) is 4.22. The van der Waals surface area contributed by atoms with Gasteiger partial charge in [0, 0.05) is 24.2 Å². The Morgan fingerprint density at radius 1 is 1.39 bits per heavy atom. The van der Waals surface area contributed by atoms with Crippen LogP contribution in [0.3, 0.4) is 0 Å². The van der Waals surface area contributed by atoms with Crippen LogP contribution in [0.25, 0.3) is 5.82 Å². The summed E-state index contributed by atoms with van der Waals surface area (Å²) in [4.78, 5) is 8.03. The second kappa shape index (κ2) is 4.83. The number of hydrogen-bond donors (Lipinski definition) is 0. The van der Waals surface area contributed by atoms with Crippen molar-refractivity contribution in [3.63, 3.8) is 0 Å². The molecule has 2 rings (SSSR count). The molecule has 0 aromatic carbocycles. The summed E-state index contributed by atoms with van der Waals surface area (Å²) in [6.45, 7) is 1.73. The van der Waals surface area contributed by atoms with Gasteiger partial charge < -0.3 is 0 Å². The Labute approximate surface area is 105 Å². The summed E-state index contributed by atoms with van der Waals surface area (Å²) in [6.07, 6.45) is 7.36. The Hall–Kier alpha value is -1.80. The average molecular weight is 268 g/mol. The van der Waals surface area contributed by atoms with Gasteiger partial charge in [0.15, 0.2) is 5.82 Å². The standard InChI is InChI=1S/C10H12N4O3S/c1-8-9(7-17-18(2,15)16)6-14(13-8)10-5-11-3-4-12-10/h3-6H,7H2,1-2H3.